The summed E-state index contributed by atoms with van der Waals surface area (Å²) >= 11 is 0. The van der Waals surface area contributed by atoms with Crippen LogP contribution in [-0.4, -0.2) is 23.1 Å². The molecule has 0 aliphatic heterocycles. The van der Waals surface area contributed by atoms with Crippen LogP contribution in [0.4, 0.5) is 18.9 Å². The predicted octanol–water partition coefficient (Wildman–Crippen LogP) is 3.63. The first kappa shape index (κ1) is 15.2. The van der Waals surface area contributed by atoms with E-state index in [1.165, 1.54) is 12.4 Å². The lowest BCUT2D eigenvalue weighted by atomic mass is 10.1. The predicted molar refractivity (Wildman–Crippen MR) is 73.3 cm³/mol. The van der Waals surface area contributed by atoms with Crippen LogP contribution >= 0.6 is 0 Å². The number of methoxy groups -OCH3 is 1. The molecule has 0 aliphatic carbocycles. The van der Waals surface area contributed by atoms with Gasteiger partial charge in [-0.2, -0.15) is 18.3 Å². The molecule has 0 bridgehead atoms. The Hall–Kier alpha value is -2.18. The van der Waals surface area contributed by atoms with Gasteiger partial charge in [0.15, 0.2) is 0 Å². The van der Waals surface area contributed by atoms with Crippen LogP contribution in [0, 0.1) is 0 Å². The first-order valence-corrected chi connectivity index (χ1v) is 6.37. The number of alkyl halides is 3. The summed E-state index contributed by atoms with van der Waals surface area (Å²) in [6, 6.07) is 7.40. The van der Waals surface area contributed by atoms with Gasteiger partial charge in [0.05, 0.1) is 19.0 Å². The molecule has 0 fully saturated rings. The van der Waals surface area contributed by atoms with E-state index in [-0.39, 0.29) is 6.04 Å². The maximum absolute atomic E-state index is 12.3. The monoisotopic (exact) mass is 299 g/mol. The van der Waals surface area contributed by atoms with Crippen LogP contribution in [-0.2, 0) is 6.54 Å². The zero-order chi connectivity index (χ0) is 15.5. The minimum atomic E-state index is -4.28. The van der Waals surface area contributed by atoms with Crippen molar-refractivity contribution in [1.29, 1.82) is 0 Å². The molecule has 0 radical (unpaired) electrons. The normalized spacial score (nSPS) is 13.0. The average molecular weight is 299 g/mol. The Balaban J connectivity index is 2.04. The maximum atomic E-state index is 12.3. The quantitative estimate of drug-likeness (QED) is 0.916. The number of aromatic nitrogens is 2. The molecule has 1 aromatic carbocycles. The third kappa shape index (κ3) is 4.40. The molecule has 0 amide bonds. The second-order valence-electron chi connectivity index (χ2n) is 4.68. The van der Waals surface area contributed by atoms with Crippen LogP contribution < -0.4 is 10.1 Å². The molecule has 2 aromatic rings. The number of hydrogen-bond acceptors (Lipinski definition) is 3. The van der Waals surface area contributed by atoms with E-state index in [9.17, 15) is 13.2 Å². The van der Waals surface area contributed by atoms with Gasteiger partial charge in [0.25, 0.3) is 0 Å². The van der Waals surface area contributed by atoms with Crippen molar-refractivity contribution in [2.24, 2.45) is 0 Å². The van der Waals surface area contributed by atoms with E-state index in [1.807, 2.05) is 31.2 Å². The van der Waals surface area contributed by atoms with Gasteiger partial charge in [0, 0.05) is 12.2 Å². The molecular weight excluding hydrogens is 283 g/mol. The van der Waals surface area contributed by atoms with E-state index >= 15 is 0 Å². The standard InChI is InChI=1S/C14H16F3N3O/c1-10(11-4-3-5-13(6-11)21-2)19-12-7-18-20(8-12)9-14(15,16)17/h3-8,10,19H,9H2,1-2H3. The van der Waals surface area contributed by atoms with Crippen molar-refractivity contribution in [3.63, 3.8) is 0 Å². The fraction of sp³-hybridized carbons (Fsp3) is 0.357. The number of rotatable bonds is 5. The molecule has 1 unspecified atom stereocenters. The van der Waals surface area contributed by atoms with E-state index in [1.54, 1.807) is 7.11 Å². The molecule has 1 aromatic heterocycles. The molecule has 0 saturated carbocycles. The van der Waals surface area contributed by atoms with Crippen molar-refractivity contribution in [3.8, 4) is 5.75 Å². The molecule has 2 rings (SSSR count). The number of anilines is 1. The molecule has 1 N–H and O–H groups in total. The van der Waals surface area contributed by atoms with Crippen molar-refractivity contribution < 1.29 is 17.9 Å². The molecule has 4 nitrogen and oxygen atoms in total. The maximum Gasteiger partial charge on any atom is 0.408 e. The summed E-state index contributed by atoms with van der Waals surface area (Å²) in [5.74, 6) is 0.730. The highest BCUT2D eigenvalue weighted by Crippen LogP contribution is 2.23. The number of halogens is 3. The molecule has 21 heavy (non-hydrogen) atoms. The van der Waals surface area contributed by atoms with Gasteiger partial charge in [-0.15, -0.1) is 0 Å². The zero-order valence-electron chi connectivity index (χ0n) is 11.7. The van der Waals surface area contributed by atoms with Crippen LogP contribution in [0.15, 0.2) is 36.7 Å². The van der Waals surface area contributed by atoms with E-state index in [0.717, 1.165) is 16.0 Å². The van der Waals surface area contributed by atoms with Gasteiger partial charge in [0.2, 0.25) is 0 Å². The molecule has 114 valence electrons. The summed E-state index contributed by atoms with van der Waals surface area (Å²) in [6.07, 6.45) is -1.56. The largest absolute Gasteiger partial charge is 0.497 e. The Bertz CT molecular complexity index is 595. The molecule has 1 heterocycles. The van der Waals surface area contributed by atoms with Crippen LogP contribution in [0.2, 0.25) is 0 Å². The van der Waals surface area contributed by atoms with Crippen LogP contribution in [0.25, 0.3) is 0 Å². The lowest BCUT2D eigenvalue weighted by Crippen LogP contribution is -2.17. The van der Waals surface area contributed by atoms with Gasteiger partial charge in [-0.3, -0.25) is 4.68 Å². The van der Waals surface area contributed by atoms with Gasteiger partial charge in [-0.1, -0.05) is 12.1 Å². The molecule has 0 saturated heterocycles. The van der Waals surface area contributed by atoms with Crippen molar-refractivity contribution in [3.05, 3.63) is 42.2 Å². The second-order valence-corrected chi connectivity index (χ2v) is 4.68. The van der Waals surface area contributed by atoms with Gasteiger partial charge < -0.3 is 10.1 Å². The Kier molecular flexibility index (Phi) is 4.40. The van der Waals surface area contributed by atoms with Gasteiger partial charge in [0.1, 0.15) is 12.3 Å². The number of nitrogens with one attached hydrogen (secondary N) is 1. The Labute approximate surface area is 120 Å². The van der Waals surface area contributed by atoms with E-state index < -0.39 is 12.7 Å². The highest BCUT2D eigenvalue weighted by atomic mass is 19.4. The summed E-state index contributed by atoms with van der Waals surface area (Å²) in [7, 11) is 1.58. The summed E-state index contributed by atoms with van der Waals surface area (Å²) in [5.41, 5.74) is 1.51. The van der Waals surface area contributed by atoms with E-state index in [0.29, 0.717) is 5.69 Å². The minimum absolute atomic E-state index is 0.0800. The Morgan fingerprint density at radius 1 is 1.38 bits per heavy atom. The third-order valence-corrected chi connectivity index (χ3v) is 2.95. The highest BCUT2D eigenvalue weighted by Gasteiger charge is 2.28. The van der Waals surface area contributed by atoms with Crippen LogP contribution in [0.1, 0.15) is 18.5 Å². The summed E-state index contributed by atoms with van der Waals surface area (Å²) in [4.78, 5) is 0. The van der Waals surface area contributed by atoms with Gasteiger partial charge in [-0.05, 0) is 24.6 Å². The SMILES string of the molecule is COc1cccc(C(C)Nc2cnn(CC(F)(F)F)c2)c1. The van der Waals surface area contributed by atoms with Crippen molar-refractivity contribution in [2.45, 2.75) is 25.7 Å². The molecule has 0 aliphatic rings. The molecular formula is C14H16F3N3O. The zero-order valence-corrected chi connectivity index (χ0v) is 11.7. The fourth-order valence-electron chi connectivity index (χ4n) is 1.95. The number of hydrogen-bond donors (Lipinski definition) is 1. The molecule has 0 spiro atoms. The number of nitrogens with zero attached hydrogens (tertiary/aromatic N) is 2. The second kappa shape index (κ2) is 6.07. The number of benzene rings is 1. The number of ether oxygens (including phenoxy) is 1. The molecule has 1 atom stereocenters. The lowest BCUT2D eigenvalue weighted by molar-refractivity contribution is -0.142. The van der Waals surface area contributed by atoms with E-state index in [4.69, 9.17) is 4.74 Å². The molecule has 7 heteroatoms. The Morgan fingerprint density at radius 2 is 2.14 bits per heavy atom. The highest BCUT2D eigenvalue weighted by molar-refractivity contribution is 5.42. The first-order valence-electron chi connectivity index (χ1n) is 6.37. The van der Waals surface area contributed by atoms with Crippen molar-refractivity contribution in [2.75, 3.05) is 12.4 Å². The minimum Gasteiger partial charge on any atom is -0.497 e. The average Bonchev–Trinajstić information content (AvgIpc) is 2.83. The van der Waals surface area contributed by atoms with Crippen molar-refractivity contribution >= 4 is 5.69 Å². The fourth-order valence-corrected chi connectivity index (χ4v) is 1.95. The van der Waals surface area contributed by atoms with Crippen LogP contribution in [0.5, 0.6) is 5.75 Å². The third-order valence-electron chi connectivity index (χ3n) is 2.95. The summed E-state index contributed by atoms with van der Waals surface area (Å²) < 4.78 is 42.8. The summed E-state index contributed by atoms with van der Waals surface area (Å²) in [6.45, 7) is 0.818. The summed E-state index contributed by atoms with van der Waals surface area (Å²) in [5, 5.41) is 6.80. The Morgan fingerprint density at radius 3 is 2.81 bits per heavy atom. The van der Waals surface area contributed by atoms with Gasteiger partial charge in [-0.25, -0.2) is 0 Å². The smallest absolute Gasteiger partial charge is 0.408 e. The lowest BCUT2D eigenvalue weighted by Gasteiger charge is -2.15. The van der Waals surface area contributed by atoms with E-state index in [2.05, 4.69) is 10.4 Å². The van der Waals surface area contributed by atoms with Crippen LogP contribution in [0.3, 0.4) is 0 Å². The first-order chi connectivity index (χ1) is 9.87. The van der Waals surface area contributed by atoms with Crippen molar-refractivity contribution in [1.82, 2.24) is 9.78 Å². The topological polar surface area (TPSA) is 39.1 Å². The van der Waals surface area contributed by atoms with Gasteiger partial charge >= 0.3 is 6.18 Å².